The molecule has 0 atom stereocenters. The molecule has 6 nitrogen and oxygen atoms in total. The lowest BCUT2D eigenvalue weighted by Crippen LogP contribution is -2.39. The van der Waals surface area contributed by atoms with Gasteiger partial charge >= 0.3 is 11.7 Å². The third kappa shape index (κ3) is 2.21. The van der Waals surface area contributed by atoms with E-state index >= 15 is 0 Å². The highest BCUT2D eigenvalue weighted by molar-refractivity contribution is 7.20. The van der Waals surface area contributed by atoms with E-state index in [0.29, 0.717) is 11.4 Å². The van der Waals surface area contributed by atoms with Crippen molar-refractivity contribution >= 4 is 27.5 Å². The van der Waals surface area contributed by atoms with Crippen molar-refractivity contribution in [2.45, 2.75) is 20.4 Å². The molecular formula is C12H14N2O4S. The number of hydrogen-bond acceptors (Lipinski definition) is 4. The normalized spacial score (nSPS) is 11.4. The van der Waals surface area contributed by atoms with Gasteiger partial charge < -0.3 is 5.11 Å². The van der Waals surface area contributed by atoms with Crippen LogP contribution in [0.15, 0.2) is 15.7 Å². The summed E-state index contributed by atoms with van der Waals surface area (Å²) in [4.78, 5) is 35.7. The second-order valence-corrected chi connectivity index (χ2v) is 5.82. The molecule has 2 rings (SSSR count). The van der Waals surface area contributed by atoms with Crippen molar-refractivity contribution in [3.05, 3.63) is 31.8 Å². The van der Waals surface area contributed by atoms with Crippen molar-refractivity contribution in [3.63, 3.8) is 0 Å². The molecule has 7 heteroatoms. The van der Waals surface area contributed by atoms with Gasteiger partial charge in [0.1, 0.15) is 9.71 Å². The molecule has 0 aliphatic rings. The van der Waals surface area contributed by atoms with E-state index in [1.165, 1.54) is 10.6 Å². The largest absolute Gasteiger partial charge is 0.477 e. The molecule has 2 aromatic heterocycles. The average molecular weight is 282 g/mol. The van der Waals surface area contributed by atoms with Crippen LogP contribution in [0.5, 0.6) is 0 Å². The summed E-state index contributed by atoms with van der Waals surface area (Å²) < 4.78 is 2.49. The maximum atomic E-state index is 12.2. The summed E-state index contributed by atoms with van der Waals surface area (Å²) in [6.07, 6.45) is 0. The first kappa shape index (κ1) is 13.5. The average Bonchev–Trinajstić information content (AvgIpc) is 2.77. The van der Waals surface area contributed by atoms with Crippen molar-refractivity contribution in [3.8, 4) is 0 Å². The molecule has 0 saturated heterocycles. The zero-order valence-electron chi connectivity index (χ0n) is 10.8. The molecule has 0 radical (unpaired) electrons. The predicted octanol–water partition coefficient (Wildman–Crippen LogP) is 1.12. The molecule has 0 spiro atoms. The van der Waals surface area contributed by atoms with Gasteiger partial charge in [-0.25, -0.2) is 9.59 Å². The van der Waals surface area contributed by atoms with Gasteiger partial charge in [-0.3, -0.25) is 13.9 Å². The van der Waals surface area contributed by atoms with E-state index < -0.39 is 17.2 Å². The van der Waals surface area contributed by atoms with Gasteiger partial charge in [-0.15, -0.1) is 11.3 Å². The number of rotatable bonds is 3. The van der Waals surface area contributed by atoms with Crippen LogP contribution in [0.25, 0.3) is 10.2 Å². The van der Waals surface area contributed by atoms with Crippen LogP contribution < -0.4 is 11.2 Å². The summed E-state index contributed by atoms with van der Waals surface area (Å²) in [5, 5.41) is 9.25. The van der Waals surface area contributed by atoms with Gasteiger partial charge in [0.2, 0.25) is 0 Å². The smallest absolute Gasteiger partial charge is 0.345 e. The summed E-state index contributed by atoms with van der Waals surface area (Å²) >= 11 is 0.938. The van der Waals surface area contributed by atoms with E-state index in [4.69, 9.17) is 5.11 Å². The minimum absolute atomic E-state index is 0.0596. The number of nitrogens with zero attached hydrogens (tertiary/aromatic N) is 2. The molecule has 0 unspecified atom stereocenters. The van der Waals surface area contributed by atoms with Crippen LogP contribution in [-0.4, -0.2) is 20.2 Å². The zero-order valence-corrected chi connectivity index (χ0v) is 11.7. The van der Waals surface area contributed by atoms with E-state index in [-0.39, 0.29) is 16.2 Å². The van der Waals surface area contributed by atoms with Gasteiger partial charge in [-0.1, -0.05) is 13.8 Å². The molecule has 0 saturated carbocycles. The fourth-order valence-corrected chi connectivity index (χ4v) is 2.86. The third-order valence-electron chi connectivity index (χ3n) is 2.77. The van der Waals surface area contributed by atoms with Gasteiger partial charge in [0.25, 0.3) is 5.56 Å². The van der Waals surface area contributed by atoms with Crippen LogP contribution in [0.1, 0.15) is 23.5 Å². The van der Waals surface area contributed by atoms with Crippen LogP contribution in [0.3, 0.4) is 0 Å². The van der Waals surface area contributed by atoms with E-state index in [1.54, 1.807) is 7.05 Å². The number of carboxylic acid groups (broad SMARTS) is 1. The maximum Gasteiger partial charge on any atom is 0.345 e. The number of aryl methyl sites for hydroxylation is 1. The Morgan fingerprint density at radius 2 is 2.05 bits per heavy atom. The Bertz CT molecular complexity index is 766. The topological polar surface area (TPSA) is 81.3 Å². The first-order valence-corrected chi connectivity index (χ1v) is 6.61. The summed E-state index contributed by atoms with van der Waals surface area (Å²) in [6.45, 7) is 4.14. The standard InChI is InChI=1S/C12H14N2O4S/c1-6(2)5-14-9(15)7-4-8(11(16)17)19-10(7)13(3)12(14)18/h4,6H,5H2,1-3H3,(H,16,17). The van der Waals surface area contributed by atoms with Gasteiger partial charge in [-0.2, -0.15) is 0 Å². The minimum Gasteiger partial charge on any atom is -0.477 e. The molecule has 0 aliphatic carbocycles. The molecule has 0 aromatic carbocycles. The molecular weight excluding hydrogens is 268 g/mol. The lowest BCUT2D eigenvalue weighted by atomic mass is 10.2. The number of aromatic nitrogens is 2. The first-order valence-electron chi connectivity index (χ1n) is 5.79. The highest BCUT2D eigenvalue weighted by atomic mass is 32.1. The Balaban J connectivity index is 2.84. The van der Waals surface area contributed by atoms with Crippen molar-refractivity contribution < 1.29 is 9.90 Å². The number of carboxylic acids is 1. The number of aromatic carboxylic acids is 1. The molecule has 1 N–H and O–H groups in total. The quantitative estimate of drug-likeness (QED) is 0.914. The van der Waals surface area contributed by atoms with Gasteiger partial charge in [0, 0.05) is 13.6 Å². The molecule has 0 bridgehead atoms. The Morgan fingerprint density at radius 3 is 2.58 bits per heavy atom. The van der Waals surface area contributed by atoms with E-state index in [1.807, 2.05) is 13.8 Å². The second-order valence-electron chi connectivity index (χ2n) is 4.79. The fourth-order valence-electron chi connectivity index (χ4n) is 1.92. The Kier molecular flexibility index (Phi) is 3.32. The Labute approximate surface area is 112 Å². The molecule has 0 fully saturated rings. The molecule has 19 heavy (non-hydrogen) atoms. The molecule has 102 valence electrons. The first-order chi connectivity index (χ1) is 8.82. The van der Waals surface area contributed by atoms with E-state index in [9.17, 15) is 14.4 Å². The van der Waals surface area contributed by atoms with Crippen molar-refractivity contribution in [2.24, 2.45) is 13.0 Å². The monoisotopic (exact) mass is 282 g/mol. The minimum atomic E-state index is -1.09. The summed E-state index contributed by atoms with van der Waals surface area (Å²) in [5.41, 5.74) is -0.833. The molecule has 2 heterocycles. The van der Waals surface area contributed by atoms with Gasteiger partial charge in [0.15, 0.2) is 0 Å². The van der Waals surface area contributed by atoms with Crippen LogP contribution in [-0.2, 0) is 13.6 Å². The van der Waals surface area contributed by atoms with Crippen LogP contribution in [0.2, 0.25) is 0 Å². The number of carbonyl (C=O) groups is 1. The summed E-state index contributed by atoms with van der Waals surface area (Å²) in [6, 6.07) is 1.33. The van der Waals surface area contributed by atoms with Crippen molar-refractivity contribution in [2.75, 3.05) is 0 Å². The summed E-state index contributed by atoms with van der Waals surface area (Å²) in [7, 11) is 1.54. The fraction of sp³-hybridized carbons (Fsp3) is 0.417. The molecule has 0 aliphatic heterocycles. The third-order valence-corrected chi connectivity index (χ3v) is 3.97. The zero-order chi connectivity index (χ0) is 14.3. The highest BCUT2D eigenvalue weighted by Crippen LogP contribution is 2.21. The van der Waals surface area contributed by atoms with Crippen LogP contribution in [0.4, 0.5) is 0 Å². The Morgan fingerprint density at radius 1 is 1.42 bits per heavy atom. The van der Waals surface area contributed by atoms with Gasteiger partial charge in [0.05, 0.1) is 5.39 Å². The Hall–Kier alpha value is -1.89. The van der Waals surface area contributed by atoms with Gasteiger partial charge in [-0.05, 0) is 12.0 Å². The van der Waals surface area contributed by atoms with Crippen molar-refractivity contribution in [1.29, 1.82) is 0 Å². The SMILES string of the molecule is CC(C)Cn1c(=O)c2cc(C(=O)O)sc2n(C)c1=O. The number of thiophene rings is 1. The lowest BCUT2D eigenvalue weighted by molar-refractivity contribution is 0.0702. The molecule has 2 aromatic rings. The molecule has 0 amide bonds. The summed E-state index contributed by atoms with van der Waals surface area (Å²) in [5.74, 6) is -0.941. The van der Waals surface area contributed by atoms with Crippen LogP contribution >= 0.6 is 11.3 Å². The lowest BCUT2D eigenvalue weighted by Gasteiger charge is -2.09. The second kappa shape index (κ2) is 4.65. The maximum absolute atomic E-state index is 12.2. The van der Waals surface area contributed by atoms with E-state index in [2.05, 4.69) is 0 Å². The van der Waals surface area contributed by atoms with Crippen LogP contribution in [0, 0.1) is 5.92 Å². The number of hydrogen-bond donors (Lipinski definition) is 1. The van der Waals surface area contributed by atoms with Crippen molar-refractivity contribution in [1.82, 2.24) is 9.13 Å². The predicted molar refractivity (Wildman–Crippen MR) is 73.1 cm³/mol. The number of fused-ring (bicyclic) bond motifs is 1. The van der Waals surface area contributed by atoms with E-state index in [0.717, 1.165) is 15.9 Å². The highest BCUT2D eigenvalue weighted by Gasteiger charge is 2.17.